The maximum atomic E-state index is 10.3. The average molecular weight is 308 g/mol. The number of hydrogen-bond donors (Lipinski definition) is 3. The van der Waals surface area contributed by atoms with E-state index in [1.165, 1.54) is 0 Å². The molecule has 1 aliphatic heterocycles. The maximum absolute atomic E-state index is 10.3. The van der Waals surface area contributed by atoms with Crippen LogP contribution in [0, 0.1) is 0 Å². The van der Waals surface area contributed by atoms with Gasteiger partial charge in [-0.15, -0.1) is 0 Å². The van der Waals surface area contributed by atoms with E-state index in [0.29, 0.717) is 23.2 Å². The smallest absolute Gasteiger partial charge is 0.180 e. The van der Waals surface area contributed by atoms with Crippen LogP contribution in [0.1, 0.15) is 25.8 Å². The van der Waals surface area contributed by atoms with Crippen molar-refractivity contribution < 1.29 is 9.84 Å². The summed E-state index contributed by atoms with van der Waals surface area (Å²) >= 11 is 5.97. The summed E-state index contributed by atoms with van der Waals surface area (Å²) in [5, 5.41) is 15.1. The normalized spacial score (nSPS) is 21.1. The van der Waals surface area contributed by atoms with Gasteiger partial charge >= 0.3 is 0 Å². The van der Waals surface area contributed by atoms with Crippen molar-refractivity contribution in [2.75, 3.05) is 6.54 Å². The van der Waals surface area contributed by atoms with Gasteiger partial charge in [0.25, 0.3) is 0 Å². The van der Waals surface area contributed by atoms with E-state index in [4.69, 9.17) is 16.3 Å². The van der Waals surface area contributed by atoms with E-state index >= 15 is 0 Å². The van der Waals surface area contributed by atoms with Crippen molar-refractivity contribution in [1.82, 2.24) is 10.3 Å². The largest absolute Gasteiger partial charge is 0.474 e. The first-order chi connectivity index (χ1) is 10.0. The number of ether oxygens (including phenoxy) is 1. The second-order valence-electron chi connectivity index (χ2n) is 5.33. The number of hydrogen-bond acceptors (Lipinski definition) is 4. The van der Waals surface area contributed by atoms with Crippen LogP contribution in [0.3, 0.4) is 0 Å². The first-order valence-electron chi connectivity index (χ1n) is 6.93. The van der Waals surface area contributed by atoms with Gasteiger partial charge in [-0.2, -0.15) is 0 Å². The Morgan fingerprint density at radius 1 is 1.48 bits per heavy atom. The van der Waals surface area contributed by atoms with Crippen LogP contribution < -0.4 is 5.32 Å². The highest BCUT2D eigenvalue weighted by molar-refractivity contribution is 6.31. The Bertz CT molecular complexity index is 683. The highest BCUT2D eigenvalue weighted by Crippen LogP contribution is 2.23. The van der Waals surface area contributed by atoms with E-state index < -0.39 is 6.23 Å². The van der Waals surface area contributed by atoms with Gasteiger partial charge in [0.15, 0.2) is 5.90 Å². The molecular formula is C15H18ClN3O2. The van der Waals surface area contributed by atoms with E-state index in [-0.39, 0.29) is 12.1 Å². The molecule has 0 bridgehead atoms. The number of nitrogens with zero attached hydrogens (tertiary/aromatic N) is 1. The third-order valence-electron chi connectivity index (χ3n) is 3.69. The van der Waals surface area contributed by atoms with Gasteiger partial charge in [-0.3, -0.25) is 10.3 Å². The van der Waals surface area contributed by atoms with Crippen molar-refractivity contribution in [2.24, 2.45) is 4.99 Å². The first-order valence-corrected chi connectivity index (χ1v) is 7.31. The first kappa shape index (κ1) is 14.4. The van der Waals surface area contributed by atoms with Crippen LogP contribution in [0.25, 0.3) is 10.9 Å². The zero-order valence-corrected chi connectivity index (χ0v) is 12.7. The van der Waals surface area contributed by atoms with Gasteiger partial charge in [0, 0.05) is 28.9 Å². The predicted molar refractivity (Wildman–Crippen MR) is 83.7 cm³/mol. The predicted octanol–water partition coefficient (Wildman–Crippen LogP) is 2.61. The van der Waals surface area contributed by atoms with Crippen LogP contribution in [0.15, 0.2) is 29.3 Å². The summed E-state index contributed by atoms with van der Waals surface area (Å²) in [7, 11) is 0. The van der Waals surface area contributed by atoms with E-state index in [9.17, 15) is 5.11 Å². The van der Waals surface area contributed by atoms with Crippen LogP contribution in [-0.4, -0.2) is 34.7 Å². The molecule has 1 aliphatic rings. The molecule has 2 aromatic rings. The molecule has 6 heteroatoms. The molecular weight excluding hydrogens is 290 g/mol. The number of benzene rings is 1. The van der Waals surface area contributed by atoms with Crippen LogP contribution in [-0.2, 0) is 4.74 Å². The van der Waals surface area contributed by atoms with Gasteiger partial charge in [-0.1, -0.05) is 11.6 Å². The van der Waals surface area contributed by atoms with Crippen molar-refractivity contribution in [3.05, 3.63) is 35.0 Å². The molecule has 3 atom stereocenters. The lowest BCUT2D eigenvalue weighted by atomic mass is 10.2. The molecule has 21 heavy (non-hydrogen) atoms. The Labute approximate surface area is 128 Å². The molecule has 0 spiro atoms. The molecule has 2 heterocycles. The topological polar surface area (TPSA) is 69.6 Å². The molecule has 3 unspecified atom stereocenters. The number of aliphatic hydroxyl groups is 1. The quantitative estimate of drug-likeness (QED) is 0.761. The number of aromatic amines is 1. The molecule has 0 radical (unpaired) electrons. The van der Waals surface area contributed by atoms with Crippen molar-refractivity contribution in [3.8, 4) is 0 Å². The molecule has 0 saturated heterocycles. The lowest BCUT2D eigenvalue weighted by Gasteiger charge is -2.23. The van der Waals surface area contributed by atoms with Crippen molar-refractivity contribution in [3.63, 3.8) is 0 Å². The van der Waals surface area contributed by atoms with Gasteiger partial charge in [-0.05, 0) is 31.2 Å². The average Bonchev–Trinajstić information content (AvgIpc) is 3.04. The van der Waals surface area contributed by atoms with E-state index in [1.807, 2.05) is 38.1 Å². The zero-order chi connectivity index (χ0) is 15.0. The summed E-state index contributed by atoms with van der Waals surface area (Å²) in [5.41, 5.74) is 1.65. The summed E-state index contributed by atoms with van der Waals surface area (Å²) in [4.78, 5) is 7.40. The van der Waals surface area contributed by atoms with Crippen LogP contribution in [0.5, 0.6) is 0 Å². The molecule has 112 valence electrons. The number of aromatic nitrogens is 1. The molecule has 1 aromatic carbocycles. The molecule has 3 rings (SSSR count). The van der Waals surface area contributed by atoms with Gasteiger partial charge in [0.05, 0.1) is 12.2 Å². The SMILES string of the molecule is CC1=NCC(C(C)NC(O)c2cc3cc(Cl)ccc3[nH]2)O1. The van der Waals surface area contributed by atoms with Gasteiger partial charge in [0.2, 0.25) is 0 Å². The molecule has 0 fully saturated rings. The molecule has 5 nitrogen and oxygen atoms in total. The Balaban J connectivity index is 1.70. The van der Waals surface area contributed by atoms with Crippen LogP contribution in [0.2, 0.25) is 5.02 Å². The summed E-state index contributed by atoms with van der Waals surface area (Å²) in [5.74, 6) is 0.698. The number of nitrogens with one attached hydrogen (secondary N) is 2. The molecule has 0 aliphatic carbocycles. The standard InChI is InChI=1S/C15H18ClN3O2/c1-8(14-7-17-9(2)21-14)18-15(20)13-6-10-5-11(16)3-4-12(10)19-13/h3-6,8,14-15,18-20H,7H2,1-2H3. The second kappa shape index (κ2) is 5.67. The summed E-state index contributed by atoms with van der Waals surface area (Å²) in [6.07, 6.45) is -0.839. The minimum Gasteiger partial charge on any atom is -0.474 e. The number of halogens is 1. The Morgan fingerprint density at radius 3 is 3.00 bits per heavy atom. The summed E-state index contributed by atoms with van der Waals surface area (Å²) in [6, 6.07) is 7.46. The van der Waals surface area contributed by atoms with E-state index in [0.717, 1.165) is 10.9 Å². The van der Waals surface area contributed by atoms with Crippen LogP contribution in [0.4, 0.5) is 0 Å². The minimum absolute atomic E-state index is 0.0174. The fourth-order valence-electron chi connectivity index (χ4n) is 2.49. The highest BCUT2D eigenvalue weighted by Gasteiger charge is 2.25. The highest BCUT2D eigenvalue weighted by atomic mass is 35.5. The van der Waals surface area contributed by atoms with E-state index in [2.05, 4.69) is 15.3 Å². The van der Waals surface area contributed by atoms with Crippen molar-refractivity contribution in [2.45, 2.75) is 32.2 Å². The molecule has 0 amide bonds. The Morgan fingerprint density at radius 2 is 2.29 bits per heavy atom. The van der Waals surface area contributed by atoms with Crippen LogP contribution >= 0.6 is 11.6 Å². The maximum Gasteiger partial charge on any atom is 0.180 e. The summed E-state index contributed by atoms with van der Waals surface area (Å²) < 4.78 is 5.58. The number of rotatable bonds is 4. The van der Waals surface area contributed by atoms with Crippen molar-refractivity contribution >= 4 is 28.4 Å². The zero-order valence-electron chi connectivity index (χ0n) is 11.9. The molecule has 0 saturated carbocycles. The van der Waals surface area contributed by atoms with Gasteiger partial charge in [-0.25, -0.2) is 0 Å². The number of H-pyrrole nitrogens is 1. The third kappa shape index (κ3) is 3.05. The van der Waals surface area contributed by atoms with Gasteiger partial charge < -0.3 is 14.8 Å². The lowest BCUT2D eigenvalue weighted by molar-refractivity contribution is 0.0856. The summed E-state index contributed by atoms with van der Waals surface area (Å²) in [6.45, 7) is 4.43. The minimum atomic E-state index is -0.796. The van der Waals surface area contributed by atoms with Gasteiger partial charge in [0.1, 0.15) is 12.3 Å². The number of aliphatic hydroxyl groups excluding tert-OH is 1. The van der Waals surface area contributed by atoms with Crippen molar-refractivity contribution in [1.29, 1.82) is 0 Å². The van der Waals surface area contributed by atoms with E-state index in [1.54, 1.807) is 0 Å². The number of fused-ring (bicyclic) bond motifs is 1. The fourth-order valence-corrected chi connectivity index (χ4v) is 2.67. The second-order valence-corrected chi connectivity index (χ2v) is 5.77. The monoisotopic (exact) mass is 307 g/mol. The number of aliphatic imine (C=N–C) groups is 1. The fraction of sp³-hybridized carbons (Fsp3) is 0.400. The Hall–Kier alpha value is -1.56. The molecule has 3 N–H and O–H groups in total. The third-order valence-corrected chi connectivity index (χ3v) is 3.93. The Kier molecular flexibility index (Phi) is 3.89. The lowest BCUT2D eigenvalue weighted by Crippen LogP contribution is -2.41. The molecule has 1 aromatic heterocycles.